The summed E-state index contributed by atoms with van der Waals surface area (Å²) in [6, 6.07) is 16.2. The van der Waals surface area contributed by atoms with Gasteiger partial charge in [-0.25, -0.2) is 17.9 Å². The number of hydrogen-bond acceptors (Lipinski definition) is 5. The topological polar surface area (TPSA) is 79.0 Å². The molecule has 1 amide bonds. The van der Waals surface area contributed by atoms with Crippen molar-refractivity contribution in [3.63, 3.8) is 0 Å². The summed E-state index contributed by atoms with van der Waals surface area (Å²) in [5.41, 5.74) is 1.68. The van der Waals surface area contributed by atoms with Gasteiger partial charge in [-0.05, 0) is 50.3 Å². The van der Waals surface area contributed by atoms with E-state index in [1.54, 1.807) is 38.2 Å². The molecule has 0 atom stereocenters. The largest absolute Gasteiger partial charge is 0.419 e. The van der Waals surface area contributed by atoms with Crippen LogP contribution in [0.2, 0.25) is 0 Å². The Morgan fingerprint density at radius 3 is 2.22 bits per heavy atom. The molecule has 0 unspecified atom stereocenters. The third kappa shape index (κ3) is 7.01. The number of nitrogens with zero attached hydrogens (tertiary/aromatic N) is 2. The second-order valence-electron chi connectivity index (χ2n) is 6.37. The van der Waals surface area contributed by atoms with Gasteiger partial charge in [0.1, 0.15) is 11.6 Å². The van der Waals surface area contributed by atoms with Gasteiger partial charge < -0.3 is 4.74 Å². The van der Waals surface area contributed by atoms with Crippen LogP contribution in [0.25, 0.3) is 0 Å². The molecule has 0 bridgehead atoms. The summed E-state index contributed by atoms with van der Waals surface area (Å²) in [6.45, 7) is 0.312. The van der Waals surface area contributed by atoms with Gasteiger partial charge >= 0.3 is 6.09 Å². The number of sulfonamides is 1. The zero-order chi connectivity index (χ0) is 19.9. The van der Waals surface area contributed by atoms with E-state index in [-0.39, 0.29) is 5.88 Å². The maximum Gasteiger partial charge on any atom is 0.419 e. The number of carbonyl (C=O) groups excluding carboxylic acids is 1. The highest BCUT2D eigenvalue weighted by Crippen LogP contribution is 2.16. The minimum Gasteiger partial charge on any atom is -0.410 e. The Morgan fingerprint density at radius 1 is 1.00 bits per heavy atom. The zero-order valence-corrected chi connectivity index (χ0v) is 16.6. The van der Waals surface area contributed by atoms with Crippen LogP contribution in [-0.4, -0.2) is 53.0 Å². The molecule has 0 saturated heterocycles. The molecule has 8 heteroatoms. The van der Waals surface area contributed by atoms with Gasteiger partial charge in [-0.2, -0.15) is 0 Å². The molecule has 0 saturated carbocycles. The molecule has 0 aliphatic rings. The number of carbonyl (C=O) groups is 1. The van der Waals surface area contributed by atoms with Crippen molar-refractivity contribution in [2.75, 3.05) is 38.5 Å². The third-order valence-electron chi connectivity index (χ3n) is 3.71. The Balaban J connectivity index is 1.85. The fourth-order valence-electron chi connectivity index (χ4n) is 2.39. The summed E-state index contributed by atoms with van der Waals surface area (Å²) in [6.07, 6.45) is 0.0653. The van der Waals surface area contributed by atoms with E-state index in [4.69, 9.17) is 4.74 Å². The highest BCUT2D eigenvalue weighted by Gasteiger charge is 2.13. The van der Waals surface area contributed by atoms with E-state index in [0.29, 0.717) is 18.7 Å². The van der Waals surface area contributed by atoms with E-state index in [9.17, 15) is 13.2 Å². The number of amides is 1. The number of nitrogens with one attached hydrogen (secondary N) is 1. The summed E-state index contributed by atoms with van der Waals surface area (Å²) >= 11 is 0. The van der Waals surface area contributed by atoms with Crippen molar-refractivity contribution in [3.8, 4) is 5.75 Å². The predicted octanol–water partition coefficient (Wildman–Crippen LogP) is 2.30. The summed E-state index contributed by atoms with van der Waals surface area (Å²) in [4.78, 5) is 15.2. The quantitative estimate of drug-likeness (QED) is 0.747. The molecule has 0 aliphatic carbocycles. The molecule has 0 aliphatic heterocycles. The van der Waals surface area contributed by atoms with E-state index in [1.165, 1.54) is 4.90 Å². The molecule has 0 radical (unpaired) electrons. The molecular formula is C19H25N3O4S. The SMILES string of the molecule is CN(C)CS(=O)(=O)NCCc1ccc(OC(=O)N(C)c2ccccc2)cc1. The molecule has 1 N–H and O–H groups in total. The molecule has 2 aromatic rings. The number of ether oxygens (including phenoxy) is 1. The molecule has 146 valence electrons. The van der Waals surface area contributed by atoms with Crippen molar-refractivity contribution >= 4 is 21.8 Å². The van der Waals surface area contributed by atoms with Crippen molar-refractivity contribution in [1.29, 1.82) is 0 Å². The Bertz CT molecular complexity index is 837. The summed E-state index contributed by atoms with van der Waals surface area (Å²) in [5.74, 6) is 0.385. The molecule has 2 rings (SSSR count). The highest BCUT2D eigenvalue weighted by molar-refractivity contribution is 7.89. The molecule has 7 nitrogen and oxygen atoms in total. The van der Waals surface area contributed by atoms with Crippen LogP contribution in [0.4, 0.5) is 10.5 Å². The van der Waals surface area contributed by atoms with Crippen molar-refractivity contribution in [3.05, 3.63) is 60.2 Å². The lowest BCUT2D eigenvalue weighted by Gasteiger charge is -2.16. The van der Waals surface area contributed by atoms with Crippen LogP contribution in [0.1, 0.15) is 5.56 Å². The highest BCUT2D eigenvalue weighted by atomic mass is 32.2. The molecule has 27 heavy (non-hydrogen) atoms. The molecule has 2 aromatic carbocycles. The monoisotopic (exact) mass is 391 g/mol. The molecular weight excluding hydrogens is 366 g/mol. The number of benzene rings is 2. The lowest BCUT2D eigenvalue weighted by Crippen LogP contribution is -2.34. The lowest BCUT2D eigenvalue weighted by atomic mass is 10.1. The van der Waals surface area contributed by atoms with Gasteiger partial charge in [0, 0.05) is 19.3 Å². The van der Waals surface area contributed by atoms with E-state index in [1.807, 2.05) is 42.5 Å². The fraction of sp³-hybridized carbons (Fsp3) is 0.316. The summed E-state index contributed by atoms with van der Waals surface area (Å²) < 4.78 is 31.5. The third-order valence-corrected chi connectivity index (χ3v) is 5.21. The van der Waals surface area contributed by atoms with Crippen LogP contribution in [0, 0.1) is 0 Å². The molecule has 0 aromatic heterocycles. The molecule has 0 fully saturated rings. The van der Waals surface area contributed by atoms with E-state index < -0.39 is 16.1 Å². The minimum absolute atomic E-state index is 0.0448. The second-order valence-corrected chi connectivity index (χ2v) is 8.15. The van der Waals surface area contributed by atoms with Crippen LogP contribution in [0.3, 0.4) is 0 Å². The normalized spacial score (nSPS) is 11.4. The van der Waals surface area contributed by atoms with E-state index >= 15 is 0 Å². The van der Waals surface area contributed by atoms with Crippen LogP contribution in [-0.2, 0) is 16.4 Å². The minimum atomic E-state index is -3.31. The lowest BCUT2D eigenvalue weighted by molar-refractivity contribution is 0.209. The Morgan fingerprint density at radius 2 is 1.63 bits per heavy atom. The van der Waals surface area contributed by atoms with Crippen LogP contribution in [0.5, 0.6) is 5.75 Å². The first-order valence-electron chi connectivity index (χ1n) is 8.48. The summed E-state index contributed by atoms with van der Waals surface area (Å²) in [5, 5.41) is 0. The Hall–Kier alpha value is -2.42. The second kappa shape index (κ2) is 9.50. The first kappa shape index (κ1) is 20.9. The van der Waals surface area contributed by atoms with Gasteiger partial charge in [0.25, 0.3) is 0 Å². The van der Waals surface area contributed by atoms with Crippen molar-refractivity contribution < 1.29 is 17.9 Å². The predicted molar refractivity (Wildman–Crippen MR) is 106 cm³/mol. The van der Waals surface area contributed by atoms with Gasteiger partial charge in [-0.15, -0.1) is 0 Å². The number of para-hydroxylation sites is 1. The zero-order valence-electron chi connectivity index (χ0n) is 15.8. The molecule has 0 heterocycles. The number of hydrogen-bond donors (Lipinski definition) is 1. The average molecular weight is 391 g/mol. The van der Waals surface area contributed by atoms with Gasteiger partial charge in [-0.3, -0.25) is 9.80 Å². The van der Waals surface area contributed by atoms with Gasteiger partial charge in [-0.1, -0.05) is 30.3 Å². The van der Waals surface area contributed by atoms with Gasteiger partial charge in [0.05, 0.1) is 0 Å². The number of anilines is 1. The standard InChI is InChI=1S/C19H25N3O4S/c1-21(2)15-27(24,25)20-14-13-16-9-11-18(12-10-16)26-19(23)22(3)17-7-5-4-6-8-17/h4-12,20H,13-15H2,1-3H3. The van der Waals surface area contributed by atoms with Gasteiger partial charge in [0.15, 0.2) is 0 Å². The maximum atomic E-state index is 12.2. The molecule has 0 spiro atoms. The van der Waals surface area contributed by atoms with Crippen molar-refractivity contribution in [2.24, 2.45) is 0 Å². The fourth-order valence-corrected chi connectivity index (χ4v) is 3.57. The van der Waals surface area contributed by atoms with Crippen LogP contribution in [0.15, 0.2) is 54.6 Å². The van der Waals surface area contributed by atoms with Crippen LogP contribution < -0.4 is 14.4 Å². The number of rotatable bonds is 8. The van der Waals surface area contributed by atoms with Gasteiger partial charge in [0.2, 0.25) is 10.0 Å². The Kier molecular flexibility index (Phi) is 7.35. The smallest absolute Gasteiger partial charge is 0.410 e. The average Bonchev–Trinajstić information content (AvgIpc) is 2.62. The van der Waals surface area contributed by atoms with Crippen molar-refractivity contribution in [1.82, 2.24) is 9.62 Å². The van der Waals surface area contributed by atoms with E-state index in [0.717, 1.165) is 11.3 Å². The first-order valence-corrected chi connectivity index (χ1v) is 10.1. The maximum absolute atomic E-state index is 12.2. The van der Waals surface area contributed by atoms with Crippen molar-refractivity contribution in [2.45, 2.75) is 6.42 Å². The summed E-state index contributed by atoms with van der Waals surface area (Å²) in [7, 11) is 1.74. The first-order chi connectivity index (χ1) is 12.8. The van der Waals surface area contributed by atoms with E-state index in [2.05, 4.69) is 4.72 Å². The Labute approximate surface area is 160 Å². The van der Waals surface area contributed by atoms with Crippen LogP contribution >= 0.6 is 0 Å².